The van der Waals surface area contributed by atoms with Gasteiger partial charge < -0.3 is 5.32 Å². The van der Waals surface area contributed by atoms with Gasteiger partial charge in [0, 0.05) is 6.54 Å². The highest BCUT2D eigenvalue weighted by Gasteiger charge is 2.19. The molecule has 0 aliphatic carbocycles. The molecule has 0 saturated heterocycles. The zero-order chi connectivity index (χ0) is 11.4. The number of hydrogen-bond acceptors (Lipinski definition) is 2. The summed E-state index contributed by atoms with van der Waals surface area (Å²) in [4.78, 5) is 22.3. The second kappa shape index (κ2) is 4.63. The molecule has 0 spiro atoms. The molecule has 1 N–H and O–H groups in total. The van der Waals surface area contributed by atoms with Crippen molar-refractivity contribution >= 4 is 11.7 Å². The normalized spacial score (nSPS) is 9.80. The second-order valence-electron chi connectivity index (χ2n) is 2.81. The number of amides is 1. The van der Waals surface area contributed by atoms with Crippen LogP contribution in [0.25, 0.3) is 0 Å². The highest BCUT2D eigenvalue weighted by molar-refractivity contribution is 6.42. The first-order valence-corrected chi connectivity index (χ1v) is 4.33. The van der Waals surface area contributed by atoms with Crippen molar-refractivity contribution in [1.29, 1.82) is 0 Å². The van der Waals surface area contributed by atoms with Crippen molar-refractivity contribution in [3.05, 3.63) is 35.4 Å². The van der Waals surface area contributed by atoms with Gasteiger partial charge in [0.25, 0.3) is 11.7 Å². The first-order chi connectivity index (χ1) is 7.06. The van der Waals surface area contributed by atoms with Gasteiger partial charge in [-0.2, -0.15) is 0 Å². The molecule has 0 aromatic heterocycles. The van der Waals surface area contributed by atoms with E-state index in [0.29, 0.717) is 6.07 Å². The molecule has 15 heavy (non-hydrogen) atoms. The van der Waals surface area contributed by atoms with Gasteiger partial charge in [-0.05, 0) is 25.1 Å². The van der Waals surface area contributed by atoms with Crippen LogP contribution in [0.3, 0.4) is 0 Å². The van der Waals surface area contributed by atoms with Gasteiger partial charge in [0.1, 0.15) is 11.6 Å². The maximum absolute atomic E-state index is 13.1. The fraction of sp³-hybridized carbons (Fsp3) is 0.200. The van der Waals surface area contributed by atoms with Crippen LogP contribution in [0.4, 0.5) is 8.78 Å². The van der Waals surface area contributed by atoms with E-state index in [-0.39, 0.29) is 6.54 Å². The Morgan fingerprint density at radius 3 is 2.60 bits per heavy atom. The SMILES string of the molecule is CCNC(=O)C(=O)c1cc(F)ccc1F. The minimum atomic E-state index is -1.08. The third-order valence-corrected chi connectivity index (χ3v) is 1.72. The topological polar surface area (TPSA) is 46.2 Å². The van der Waals surface area contributed by atoms with Gasteiger partial charge in [0.2, 0.25) is 0 Å². The van der Waals surface area contributed by atoms with Crippen LogP contribution in [0.2, 0.25) is 0 Å². The van der Waals surface area contributed by atoms with E-state index in [4.69, 9.17) is 0 Å². The van der Waals surface area contributed by atoms with Crippen LogP contribution in [0.15, 0.2) is 18.2 Å². The quantitative estimate of drug-likeness (QED) is 0.607. The minimum absolute atomic E-state index is 0.251. The Bertz CT molecular complexity index is 404. The van der Waals surface area contributed by atoms with Crippen LogP contribution in [0.5, 0.6) is 0 Å². The Morgan fingerprint density at radius 2 is 2.00 bits per heavy atom. The van der Waals surface area contributed by atoms with E-state index < -0.39 is 28.9 Å². The molecule has 0 heterocycles. The third-order valence-electron chi connectivity index (χ3n) is 1.72. The van der Waals surface area contributed by atoms with Crippen LogP contribution < -0.4 is 5.32 Å². The lowest BCUT2D eigenvalue weighted by Gasteiger charge is -2.02. The average Bonchev–Trinajstić information content (AvgIpc) is 2.21. The molecule has 1 aromatic carbocycles. The number of carbonyl (C=O) groups excluding carboxylic acids is 2. The molecular weight excluding hydrogens is 204 g/mol. The summed E-state index contributed by atoms with van der Waals surface area (Å²) in [6, 6.07) is 2.39. The monoisotopic (exact) mass is 213 g/mol. The maximum Gasteiger partial charge on any atom is 0.292 e. The average molecular weight is 213 g/mol. The van der Waals surface area contributed by atoms with Gasteiger partial charge in [0.15, 0.2) is 0 Å². The van der Waals surface area contributed by atoms with Gasteiger partial charge in [-0.1, -0.05) is 0 Å². The van der Waals surface area contributed by atoms with Crippen molar-refractivity contribution < 1.29 is 18.4 Å². The van der Waals surface area contributed by atoms with E-state index in [1.54, 1.807) is 6.92 Å². The first-order valence-electron chi connectivity index (χ1n) is 4.33. The molecule has 0 saturated carbocycles. The van der Waals surface area contributed by atoms with Crippen LogP contribution in [-0.4, -0.2) is 18.2 Å². The number of carbonyl (C=O) groups is 2. The van der Waals surface area contributed by atoms with E-state index in [1.807, 2.05) is 0 Å². The molecule has 0 aliphatic rings. The molecular formula is C10H9F2NO2. The maximum atomic E-state index is 13.1. The van der Waals surface area contributed by atoms with Gasteiger partial charge in [0.05, 0.1) is 5.56 Å². The highest BCUT2D eigenvalue weighted by atomic mass is 19.1. The number of nitrogens with one attached hydrogen (secondary N) is 1. The Hall–Kier alpha value is -1.78. The summed E-state index contributed by atoms with van der Waals surface area (Å²) in [7, 11) is 0. The molecule has 0 atom stereocenters. The molecule has 0 radical (unpaired) electrons. The molecule has 80 valence electrons. The number of Topliss-reactive ketones (excluding diaryl/α,β-unsaturated/α-hetero) is 1. The first kappa shape index (κ1) is 11.3. The van der Waals surface area contributed by atoms with E-state index in [0.717, 1.165) is 12.1 Å². The Balaban J connectivity index is 3.00. The molecule has 0 aliphatic heterocycles. The third kappa shape index (κ3) is 2.59. The van der Waals surface area contributed by atoms with Crippen LogP contribution in [0, 0.1) is 11.6 Å². The lowest BCUT2D eigenvalue weighted by Crippen LogP contribution is -2.31. The summed E-state index contributed by atoms with van der Waals surface area (Å²) in [5.41, 5.74) is -0.555. The molecule has 1 aromatic rings. The largest absolute Gasteiger partial charge is 0.349 e. The Kier molecular flexibility index (Phi) is 3.49. The number of hydrogen-bond donors (Lipinski definition) is 1. The predicted molar refractivity (Wildman–Crippen MR) is 49.4 cm³/mol. The van der Waals surface area contributed by atoms with E-state index in [2.05, 4.69) is 5.32 Å². The molecule has 5 heteroatoms. The van der Waals surface area contributed by atoms with Crippen LogP contribution in [0.1, 0.15) is 17.3 Å². The number of likely N-dealkylation sites (N-methyl/N-ethyl adjacent to an activating group) is 1. The fourth-order valence-corrected chi connectivity index (χ4v) is 1.03. The lowest BCUT2D eigenvalue weighted by molar-refractivity contribution is -0.116. The number of ketones is 1. The van der Waals surface area contributed by atoms with Crippen molar-refractivity contribution in [1.82, 2.24) is 5.32 Å². The smallest absolute Gasteiger partial charge is 0.292 e. The van der Waals surface area contributed by atoms with Crippen LogP contribution >= 0.6 is 0 Å². The standard InChI is InChI=1S/C10H9F2NO2/c1-2-13-10(15)9(14)7-5-6(11)3-4-8(7)12/h3-5H,2H2,1H3,(H,13,15). The van der Waals surface area contributed by atoms with E-state index >= 15 is 0 Å². The minimum Gasteiger partial charge on any atom is -0.349 e. The van der Waals surface area contributed by atoms with Gasteiger partial charge in [-0.25, -0.2) is 8.78 Å². The van der Waals surface area contributed by atoms with E-state index in [1.165, 1.54) is 0 Å². The Labute approximate surface area is 85.1 Å². The lowest BCUT2D eigenvalue weighted by atomic mass is 10.1. The van der Waals surface area contributed by atoms with Crippen LogP contribution in [-0.2, 0) is 4.79 Å². The van der Waals surface area contributed by atoms with Gasteiger partial charge in [-0.15, -0.1) is 0 Å². The molecule has 1 amide bonds. The molecule has 0 unspecified atom stereocenters. The number of benzene rings is 1. The summed E-state index contributed by atoms with van der Waals surface area (Å²) >= 11 is 0. The number of halogens is 2. The second-order valence-corrected chi connectivity index (χ2v) is 2.81. The molecule has 0 fully saturated rings. The van der Waals surface area contributed by atoms with Gasteiger partial charge >= 0.3 is 0 Å². The summed E-state index contributed by atoms with van der Waals surface area (Å²) in [5.74, 6) is -3.69. The summed E-state index contributed by atoms with van der Waals surface area (Å²) in [6.45, 7) is 1.87. The summed E-state index contributed by atoms with van der Waals surface area (Å²) in [5, 5.41) is 2.21. The molecule has 1 rings (SSSR count). The number of rotatable bonds is 3. The van der Waals surface area contributed by atoms with Crippen molar-refractivity contribution in [3.8, 4) is 0 Å². The zero-order valence-electron chi connectivity index (χ0n) is 8.01. The highest BCUT2D eigenvalue weighted by Crippen LogP contribution is 2.10. The van der Waals surface area contributed by atoms with E-state index in [9.17, 15) is 18.4 Å². The fourth-order valence-electron chi connectivity index (χ4n) is 1.03. The zero-order valence-corrected chi connectivity index (χ0v) is 8.01. The summed E-state index contributed by atoms with van der Waals surface area (Å²) in [6.07, 6.45) is 0. The van der Waals surface area contributed by atoms with Crippen molar-refractivity contribution in [2.24, 2.45) is 0 Å². The predicted octanol–water partition coefficient (Wildman–Crippen LogP) is 1.28. The Morgan fingerprint density at radius 1 is 1.33 bits per heavy atom. The van der Waals surface area contributed by atoms with Crippen molar-refractivity contribution in [2.75, 3.05) is 6.54 Å². The van der Waals surface area contributed by atoms with Crippen molar-refractivity contribution in [3.63, 3.8) is 0 Å². The molecule has 3 nitrogen and oxygen atoms in total. The van der Waals surface area contributed by atoms with Crippen molar-refractivity contribution in [2.45, 2.75) is 6.92 Å². The molecule has 0 bridgehead atoms. The summed E-state index contributed by atoms with van der Waals surface area (Å²) < 4.78 is 25.8. The van der Waals surface area contributed by atoms with Gasteiger partial charge in [-0.3, -0.25) is 9.59 Å².